The van der Waals surface area contributed by atoms with E-state index in [4.69, 9.17) is 11.1 Å². The third-order valence-electron chi connectivity index (χ3n) is 11.8. The molecule has 6 aliphatic rings. The summed E-state index contributed by atoms with van der Waals surface area (Å²) in [5, 5.41) is 14.7. The van der Waals surface area contributed by atoms with Crippen LogP contribution in [0.15, 0.2) is 47.0 Å². The van der Waals surface area contributed by atoms with Crippen LogP contribution in [-0.2, 0) is 21.4 Å². The van der Waals surface area contributed by atoms with E-state index in [0.717, 1.165) is 49.8 Å². The molecule has 1 heterocycles. The molecule has 6 aliphatic carbocycles. The van der Waals surface area contributed by atoms with Gasteiger partial charge in [-0.3, -0.25) is 4.79 Å². The second-order valence-electron chi connectivity index (χ2n) is 15.1. The lowest BCUT2D eigenvalue weighted by molar-refractivity contribution is -0.137. The highest BCUT2D eigenvalue weighted by Gasteiger charge is 2.56. The van der Waals surface area contributed by atoms with Crippen molar-refractivity contribution in [2.24, 2.45) is 11.3 Å². The number of fused-ring (bicyclic) bond motifs is 3. The highest BCUT2D eigenvalue weighted by molar-refractivity contribution is 5.96. The molecule has 0 saturated heterocycles. The number of nitrogens with zero attached hydrogens (tertiary/aromatic N) is 4. The summed E-state index contributed by atoms with van der Waals surface area (Å²) < 4.78 is 35.2. The van der Waals surface area contributed by atoms with E-state index >= 15 is 4.39 Å². The minimum atomic E-state index is -1.44. The first-order chi connectivity index (χ1) is 21.5. The van der Waals surface area contributed by atoms with Gasteiger partial charge < -0.3 is 19.4 Å². The summed E-state index contributed by atoms with van der Waals surface area (Å²) in [6.07, 6.45) is 8.42. The van der Waals surface area contributed by atoms with E-state index in [-0.39, 0.29) is 34.4 Å². The van der Waals surface area contributed by atoms with E-state index in [2.05, 4.69) is 15.0 Å². The molecule has 1 aromatic heterocycles. The van der Waals surface area contributed by atoms with E-state index in [0.29, 0.717) is 62.0 Å². The summed E-state index contributed by atoms with van der Waals surface area (Å²) in [6.45, 7) is 9.86. The second kappa shape index (κ2) is 9.68. The van der Waals surface area contributed by atoms with Crippen molar-refractivity contribution in [2.45, 2.75) is 106 Å². The molecular formula is C36H38F2N4O3. The Kier molecular flexibility index (Phi) is 6.20. The predicted molar refractivity (Wildman–Crippen MR) is 163 cm³/mol. The van der Waals surface area contributed by atoms with Crippen LogP contribution < -0.4 is 4.90 Å². The zero-order valence-electron chi connectivity index (χ0n) is 25.6. The SMILES string of the molecule is [C-]#[N+]C1(c2ccc(-c3cccc(N(CC45CCC(c6noc(C7(F)CC7)n6)(CC4)CC5)C(=O)C4CC(C)(O)C4)c3)cc2F)CC1. The number of hydrogen-bond donors (Lipinski definition) is 1. The topological polar surface area (TPSA) is 83.8 Å². The smallest absolute Gasteiger partial charge is 0.264 e. The maximum atomic E-state index is 15.2. The first-order valence-electron chi connectivity index (χ1n) is 16.3. The minimum absolute atomic E-state index is 0.0187. The summed E-state index contributed by atoms with van der Waals surface area (Å²) in [5.74, 6) is 0.157. The van der Waals surface area contributed by atoms with Crippen molar-refractivity contribution >= 4 is 11.6 Å². The van der Waals surface area contributed by atoms with E-state index < -0.39 is 16.8 Å². The first-order valence-corrected chi connectivity index (χ1v) is 16.3. The number of benzene rings is 2. The highest BCUT2D eigenvalue weighted by Crippen LogP contribution is 2.59. The Labute approximate surface area is 261 Å². The summed E-state index contributed by atoms with van der Waals surface area (Å²) in [5.41, 5.74) is -0.523. The molecule has 9 heteroatoms. The Morgan fingerprint density at radius 1 is 1.02 bits per heavy atom. The van der Waals surface area contributed by atoms with E-state index in [1.807, 2.05) is 35.2 Å². The lowest BCUT2D eigenvalue weighted by Crippen LogP contribution is -2.54. The fraction of sp³-hybridized carbons (Fsp3) is 0.556. The Bertz CT molecular complexity index is 1700. The molecule has 2 bridgehead atoms. The average molecular weight is 613 g/mol. The molecule has 0 atom stereocenters. The molecule has 0 aliphatic heterocycles. The van der Waals surface area contributed by atoms with Crippen molar-refractivity contribution in [1.82, 2.24) is 10.1 Å². The molecule has 2 aromatic carbocycles. The number of halogens is 2. The quantitative estimate of drug-likeness (QED) is 0.266. The van der Waals surface area contributed by atoms with Crippen LogP contribution in [0.25, 0.3) is 16.0 Å². The Balaban J connectivity index is 1.06. The fourth-order valence-corrected chi connectivity index (χ4v) is 8.29. The van der Waals surface area contributed by atoms with E-state index in [1.54, 1.807) is 13.0 Å². The molecule has 234 valence electrons. The third-order valence-corrected chi connectivity index (χ3v) is 11.8. The number of aliphatic hydroxyl groups is 1. The number of hydrogen-bond acceptors (Lipinski definition) is 5. The van der Waals surface area contributed by atoms with Crippen molar-refractivity contribution in [3.63, 3.8) is 0 Å². The number of carbonyl (C=O) groups is 1. The van der Waals surface area contributed by atoms with Gasteiger partial charge in [0.05, 0.1) is 11.2 Å². The zero-order valence-corrected chi connectivity index (χ0v) is 25.6. The molecule has 6 fully saturated rings. The summed E-state index contributed by atoms with van der Waals surface area (Å²) in [6, 6.07) is 12.9. The van der Waals surface area contributed by atoms with Crippen LogP contribution in [0.2, 0.25) is 0 Å². The number of carbonyl (C=O) groups excluding carboxylic acids is 1. The van der Waals surface area contributed by atoms with Gasteiger partial charge in [0.15, 0.2) is 11.5 Å². The van der Waals surface area contributed by atoms with Crippen LogP contribution in [0.1, 0.15) is 101 Å². The number of amides is 1. The lowest BCUT2D eigenvalue weighted by Gasteiger charge is -2.54. The van der Waals surface area contributed by atoms with Gasteiger partial charge in [-0.2, -0.15) is 4.98 Å². The summed E-state index contributed by atoms with van der Waals surface area (Å²) in [7, 11) is 0. The van der Waals surface area contributed by atoms with Crippen molar-refractivity contribution in [1.29, 1.82) is 0 Å². The largest absolute Gasteiger partial charge is 0.390 e. The molecule has 7 nitrogen and oxygen atoms in total. The second-order valence-corrected chi connectivity index (χ2v) is 15.1. The summed E-state index contributed by atoms with van der Waals surface area (Å²) in [4.78, 5) is 24.2. The first kappa shape index (κ1) is 28.8. The highest BCUT2D eigenvalue weighted by atomic mass is 19.1. The van der Waals surface area contributed by atoms with Gasteiger partial charge in [-0.15, -0.1) is 0 Å². The monoisotopic (exact) mass is 612 g/mol. The van der Waals surface area contributed by atoms with Crippen LogP contribution in [0.5, 0.6) is 0 Å². The van der Waals surface area contributed by atoms with Crippen LogP contribution in [-0.4, -0.2) is 33.3 Å². The van der Waals surface area contributed by atoms with Crippen molar-refractivity contribution in [2.75, 3.05) is 11.4 Å². The molecule has 0 spiro atoms. The Morgan fingerprint density at radius 3 is 2.31 bits per heavy atom. The molecule has 3 aromatic rings. The van der Waals surface area contributed by atoms with Gasteiger partial charge in [0, 0.05) is 36.4 Å². The van der Waals surface area contributed by atoms with Gasteiger partial charge in [-0.05, 0) is 112 Å². The van der Waals surface area contributed by atoms with Crippen LogP contribution >= 0.6 is 0 Å². The maximum Gasteiger partial charge on any atom is 0.264 e. The van der Waals surface area contributed by atoms with E-state index in [1.165, 1.54) is 6.07 Å². The van der Waals surface area contributed by atoms with Gasteiger partial charge in [0.1, 0.15) is 5.82 Å². The number of anilines is 1. The van der Waals surface area contributed by atoms with Gasteiger partial charge in [-0.1, -0.05) is 23.4 Å². The Hall–Kier alpha value is -3.64. The maximum absolute atomic E-state index is 15.2. The molecule has 0 unspecified atom stereocenters. The standard InChI is InChI=1S/C36H38F2N4O3/c1-32(44)20-25(21-32)29(43)42(26-5-3-4-23(18-26)24-6-7-27(28(37)19-24)36(39-2)16-17-36)22-33-8-11-34(12-9-33,13-10-33)30-40-31(45-41-30)35(38)14-15-35/h3-7,18-19,25,44H,8-17,20-22H2,1H3. The molecule has 45 heavy (non-hydrogen) atoms. The molecule has 0 radical (unpaired) electrons. The fourth-order valence-electron chi connectivity index (χ4n) is 8.29. The lowest BCUT2D eigenvalue weighted by atomic mass is 9.53. The molecule has 1 N–H and O–H groups in total. The van der Waals surface area contributed by atoms with Gasteiger partial charge in [0.25, 0.3) is 11.4 Å². The van der Waals surface area contributed by atoms with Crippen LogP contribution in [0, 0.1) is 23.7 Å². The molecule has 9 rings (SSSR count). The Morgan fingerprint density at radius 2 is 1.71 bits per heavy atom. The zero-order chi connectivity index (χ0) is 31.2. The number of aromatic nitrogens is 2. The van der Waals surface area contributed by atoms with Gasteiger partial charge >= 0.3 is 0 Å². The summed E-state index contributed by atoms with van der Waals surface area (Å²) >= 11 is 0. The van der Waals surface area contributed by atoms with Gasteiger partial charge in [0.2, 0.25) is 5.91 Å². The predicted octanol–water partition coefficient (Wildman–Crippen LogP) is 7.53. The van der Waals surface area contributed by atoms with Crippen LogP contribution in [0.3, 0.4) is 0 Å². The van der Waals surface area contributed by atoms with E-state index in [9.17, 15) is 14.3 Å². The molecule has 6 saturated carbocycles. The van der Waals surface area contributed by atoms with Crippen molar-refractivity contribution in [3.05, 3.63) is 77.0 Å². The molecule has 1 amide bonds. The van der Waals surface area contributed by atoms with Gasteiger partial charge in [-0.25, -0.2) is 15.4 Å². The minimum Gasteiger partial charge on any atom is -0.390 e. The number of rotatable bonds is 8. The van der Waals surface area contributed by atoms with Crippen molar-refractivity contribution in [3.8, 4) is 11.1 Å². The normalized spacial score (nSPS) is 31.9. The molecular weight excluding hydrogens is 574 g/mol. The van der Waals surface area contributed by atoms with Crippen LogP contribution in [0.4, 0.5) is 14.5 Å². The van der Waals surface area contributed by atoms with Crippen molar-refractivity contribution < 1.29 is 23.2 Å². The average Bonchev–Trinajstić information content (AvgIpc) is 3.94. The third kappa shape index (κ3) is 4.79. The number of alkyl halides is 1.